The van der Waals surface area contributed by atoms with Gasteiger partial charge in [0.2, 0.25) is 0 Å². The molecule has 0 aliphatic rings. The Morgan fingerprint density at radius 3 is 2.52 bits per heavy atom. The molecule has 4 heteroatoms. The number of hydrogen-bond acceptors (Lipinski definition) is 3. The highest BCUT2D eigenvalue weighted by molar-refractivity contribution is 5.94. The van der Waals surface area contributed by atoms with Crippen LogP contribution in [-0.4, -0.2) is 5.91 Å². The topological polar surface area (TPSA) is 51.5 Å². The molecule has 0 aliphatic heterocycles. The van der Waals surface area contributed by atoms with Crippen molar-refractivity contribution in [3.63, 3.8) is 0 Å². The van der Waals surface area contributed by atoms with Gasteiger partial charge in [-0.1, -0.05) is 24.3 Å². The van der Waals surface area contributed by atoms with E-state index in [1.54, 1.807) is 30.5 Å². The van der Waals surface area contributed by atoms with Gasteiger partial charge in [-0.05, 0) is 49.4 Å². The van der Waals surface area contributed by atoms with Crippen molar-refractivity contribution < 1.29 is 13.9 Å². The van der Waals surface area contributed by atoms with E-state index in [1.807, 2.05) is 49.4 Å². The van der Waals surface area contributed by atoms with Gasteiger partial charge in [0.05, 0.1) is 12.3 Å². The molecular formula is C19H17NO3. The summed E-state index contributed by atoms with van der Waals surface area (Å²) in [7, 11) is 0. The first kappa shape index (κ1) is 14.9. The second kappa shape index (κ2) is 6.83. The van der Waals surface area contributed by atoms with Crippen molar-refractivity contribution >= 4 is 5.91 Å². The lowest BCUT2D eigenvalue weighted by Crippen LogP contribution is -2.26. The molecule has 0 unspecified atom stereocenters. The molecule has 1 N–H and O–H groups in total. The fraction of sp³-hybridized carbons (Fsp3) is 0.105. The highest BCUT2D eigenvalue weighted by atomic mass is 16.5. The summed E-state index contributed by atoms with van der Waals surface area (Å²) in [6, 6.07) is 20.0. The summed E-state index contributed by atoms with van der Waals surface area (Å²) < 4.78 is 11.0. The second-order valence-electron chi connectivity index (χ2n) is 5.15. The van der Waals surface area contributed by atoms with Crippen LogP contribution >= 0.6 is 0 Å². The number of hydrogen-bond donors (Lipinski definition) is 1. The molecule has 0 aliphatic carbocycles. The molecule has 1 atom stereocenters. The number of carbonyl (C=O) groups is 1. The smallest absolute Gasteiger partial charge is 0.251 e. The highest BCUT2D eigenvalue weighted by Gasteiger charge is 2.13. The minimum absolute atomic E-state index is 0.174. The Bertz CT molecular complexity index is 766. The van der Waals surface area contributed by atoms with Crippen LogP contribution in [-0.2, 0) is 0 Å². The molecule has 3 aromatic rings. The number of para-hydroxylation sites is 1. The number of carbonyl (C=O) groups excluding carboxylic acids is 1. The Kier molecular flexibility index (Phi) is 4.43. The van der Waals surface area contributed by atoms with Gasteiger partial charge in [-0.3, -0.25) is 4.79 Å². The van der Waals surface area contributed by atoms with E-state index in [-0.39, 0.29) is 11.9 Å². The molecule has 0 saturated carbocycles. The van der Waals surface area contributed by atoms with Gasteiger partial charge in [0, 0.05) is 5.56 Å². The van der Waals surface area contributed by atoms with E-state index in [0.717, 1.165) is 11.5 Å². The van der Waals surface area contributed by atoms with E-state index in [9.17, 15) is 4.79 Å². The predicted molar refractivity (Wildman–Crippen MR) is 87.5 cm³/mol. The standard InChI is InChI=1S/C19H17NO3/c1-14(18-11-6-12-22-18)20-19(21)15-7-5-10-17(13-15)23-16-8-3-2-4-9-16/h2-14H,1H3,(H,20,21)/t14-/m1/s1. The van der Waals surface area contributed by atoms with Crippen molar-refractivity contribution in [3.8, 4) is 11.5 Å². The molecule has 23 heavy (non-hydrogen) atoms. The average molecular weight is 307 g/mol. The van der Waals surface area contributed by atoms with E-state index in [1.165, 1.54) is 0 Å². The van der Waals surface area contributed by atoms with Gasteiger partial charge in [0.1, 0.15) is 17.3 Å². The summed E-state index contributed by atoms with van der Waals surface area (Å²) in [4.78, 5) is 12.3. The van der Waals surface area contributed by atoms with Crippen molar-refractivity contribution in [2.24, 2.45) is 0 Å². The molecule has 0 saturated heterocycles. The zero-order valence-corrected chi connectivity index (χ0v) is 12.7. The molecule has 2 aromatic carbocycles. The summed E-state index contributed by atoms with van der Waals surface area (Å²) in [5.41, 5.74) is 0.539. The van der Waals surface area contributed by atoms with Crippen LogP contribution in [0.3, 0.4) is 0 Å². The van der Waals surface area contributed by atoms with Crippen LogP contribution in [0.4, 0.5) is 0 Å². The van der Waals surface area contributed by atoms with Gasteiger partial charge in [0.15, 0.2) is 0 Å². The lowest BCUT2D eigenvalue weighted by molar-refractivity contribution is 0.0935. The Balaban J connectivity index is 1.70. The third-order valence-electron chi connectivity index (χ3n) is 3.39. The third-order valence-corrected chi connectivity index (χ3v) is 3.39. The van der Waals surface area contributed by atoms with Crippen LogP contribution in [0.5, 0.6) is 11.5 Å². The highest BCUT2D eigenvalue weighted by Crippen LogP contribution is 2.22. The average Bonchev–Trinajstić information content (AvgIpc) is 3.10. The molecule has 0 radical (unpaired) electrons. The monoisotopic (exact) mass is 307 g/mol. The largest absolute Gasteiger partial charge is 0.467 e. The maximum absolute atomic E-state index is 12.3. The summed E-state index contributed by atoms with van der Waals surface area (Å²) in [6.07, 6.45) is 1.59. The van der Waals surface area contributed by atoms with E-state index >= 15 is 0 Å². The SMILES string of the molecule is C[C@@H](NC(=O)c1cccc(Oc2ccccc2)c1)c1ccco1. The van der Waals surface area contributed by atoms with Gasteiger partial charge in [0.25, 0.3) is 5.91 Å². The van der Waals surface area contributed by atoms with Crippen molar-refractivity contribution in [2.75, 3.05) is 0 Å². The van der Waals surface area contributed by atoms with Crippen molar-refractivity contribution in [2.45, 2.75) is 13.0 Å². The van der Waals surface area contributed by atoms with Crippen molar-refractivity contribution in [1.82, 2.24) is 5.32 Å². The summed E-state index contributed by atoms with van der Waals surface area (Å²) in [5.74, 6) is 1.89. The minimum Gasteiger partial charge on any atom is -0.467 e. The molecule has 116 valence electrons. The molecule has 3 rings (SSSR count). The fourth-order valence-corrected chi connectivity index (χ4v) is 2.21. The Hall–Kier alpha value is -3.01. The number of ether oxygens (including phenoxy) is 1. The van der Waals surface area contributed by atoms with Crippen LogP contribution in [0.15, 0.2) is 77.4 Å². The zero-order valence-electron chi connectivity index (χ0n) is 12.7. The quantitative estimate of drug-likeness (QED) is 0.751. The number of nitrogens with one attached hydrogen (secondary N) is 1. The Morgan fingerprint density at radius 2 is 1.78 bits per heavy atom. The lowest BCUT2D eigenvalue weighted by atomic mass is 10.1. The van der Waals surface area contributed by atoms with Crippen LogP contribution < -0.4 is 10.1 Å². The van der Waals surface area contributed by atoms with Crippen LogP contribution in [0.25, 0.3) is 0 Å². The third kappa shape index (κ3) is 3.80. The number of amides is 1. The van der Waals surface area contributed by atoms with Crippen LogP contribution in [0.2, 0.25) is 0 Å². The summed E-state index contributed by atoms with van der Waals surface area (Å²) >= 11 is 0. The first-order valence-corrected chi connectivity index (χ1v) is 7.39. The second-order valence-corrected chi connectivity index (χ2v) is 5.15. The van der Waals surface area contributed by atoms with Gasteiger partial charge in [-0.15, -0.1) is 0 Å². The molecule has 4 nitrogen and oxygen atoms in total. The van der Waals surface area contributed by atoms with E-state index in [4.69, 9.17) is 9.15 Å². The van der Waals surface area contributed by atoms with Crippen LogP contribution in [0.1, 0.15) is 29.1 Å². The normalized spacial score (nSPS) is 11.7. The predicted octanol–water partition coefficient (Wildman–Crippen LogP) is 4.56. The maximum atomic E-state index is 12.3. The van der Waals surface area contributed by atoms with E-state index in [2.05, 4.69) is 5.32 Å². The lowest BCUT2D eigenvalue weighted by Gasteiger charge is -2.12. The number of furan rings is 1. The molecule has 0 fully saturated rings. The summed E-state index contributed by atoms with van der Waals surface area (Å²) in [6.45, 7) is 1.88. The van der Waals surface area contributed by atoms with Crippen molar-refractivity contribution in [1.29, 1.82) is 0 Å². The number of benzene rings is 2. The Morgan fingerprint density at radius 1 is 1.00 bits per heavy atom. The fourth-order valence-electron chi connectivity index (χ4n) is 2.21. The molecule has 1 amide bonds. The van der Waals surface area contributed by atoms with Gasteiger partial charge < -0.3 is 14.5 Å². The molecule has 0 bridgehead atoms. The van der Waals surface area contributed by atoms with Gasteiger partial charge >= 0.3 is 0 Å². The van der Waals surface area contributed by atoms with Crippen molar-refractivity contribution in [3.05, 3.63) is 84.3 Å². The zero-order chi connectivity index (χ0) is 16.1. The maximum Gasteiger partial charge on any atom is 0.251 e. The molecular weight excluding hydrogens is 290 g/mol. The first-order valence-electron chi connectivity index (χ1n) is 7.39. The molecule has 1 aromatic heterocycles. The minimum atomic E-state index is -0.198. The molecule has 1 heterocycles. The first-order chi connectivity index (χ1) is 11.2. The van der Waals surface area contributed by atoms with E-state index in [0.29, 0.717) is 11.3 Å². The van der Waals surface area contributed by atoms with Crippen LogP contribution in [0, 0.1) is 0 Å². The van der Waals surface area contributed by atoms with Gasteiger partial charge in [-0.25, -0.2) is 0 Å². The summed E-state index contributed by atoms with van der Waals surface area (Å²) in [5, 5.41) is 2.90. The van der Waals surface area contributed by atoms with E-state index < -0.39 is 0 Å². The number of rotatable bonds is 5. The Labute approximate surface area is 134 Å². The molecule has 0 spiro atoms. The van der Waals surface area contributed by atoms with Gasteiger partial charge in [-0.2, -0.15) is 0 Å².